The minimum atomic E-state index is 0.561. The van der Waals surface area contributed by atoms with Gasteiger partial charge < -0.3 is 4.98 Å². The molecule has 0 aliphatic rings. The first-order valence-electron chi connectivity index (χ1n) is 7.54. The van der Waals surface area contributed by atoms with E-state index in [0.29, 0.717) is 5.92 Å². The van der Waals surface area contributed by atoms with Crippen LogP contribution >= 0.6 is 0 Å². The lowest BCUT2D eigenvalue weighted by molar-refractivity contribution is 0.865. The zero-order valence-corrected chi connectivity index (χ0v) is 13.4. The van der Waals surface area contributed by atoms with E-state index in [1.165, 1.54) is 27.9 Å². The van der Waals surface area contributed by atoms with Crippen LogP contribution in [0.3, 0.4) is 0 Å². The van der Waals surface area contributed by atoms with E-state index < -0.39 is 0 Å². The fraction of sp³-hybridized carbons (Fsp3) is 0.316. The fourth-order valence-corrected chi connectivity index (χ4v) is 2.89. The minimum absolute atomic E-state index is 0.561. The van der Waals surface area contributed by atoms with Crippen molar-refractivity contribution in [2.45, 2.75) is 40.5 Å². The number of aromatic amines is 1. The standard InChI is InChI=1S/C19H22N2/c1-11(2)15-7-8-16(12(3)10-15)18-14(5)19-17(21-18)9-6-13(4)20-19/h6-11,21H,1-5H3. The number of hydrogen-bond donors (Lipinski definition) is 1. The van der Waals surface area contributed by atoms with Crippen molar-refractivity contribution in [1.29, 1.82) is 0 Å². The molecule has 0 atom stereocenters. The summed E-state index contributed by atoms with van der Waals surface area (Å²) in [7, 11) is 0. The number of fused-ring (bicyclic) bond motifs is 1. The predicted molar refractivity (Wildman–Crippen MR) is 89.8 cm³/mol. The molecule has 1 N–H and O–H groups in total. The van der Waals surface area contributed by atoms with Gasteiger partial charge in [0.25, 0.3) is 0 Å². The Labute approximate surface area is 126 Å². The van der Waals surface area contributed by atoms with Crippen LogP contribution in [0.5, 0.6) is 0 Å². The second-order valence-corrected chi connectivity index (χ2v) is 6.20. The molecule has 0 unspecified atom stereocenters. The van der Waals surface area contributed by atoms with Crippen molar-refractivity contribution < 1.29 is 0 Å². The molecule has 2 nitrogen and oxygen atoms in total. The summed E-state index contributed by atoms with van der Waals surface area (Å²) in [4.78, 5) is 8.20. The zero-order valence-electron chi connectivity index (χ0n) is 13.4. The van der Waals surface area contributed by atoms with Crippen LogP contribution in [0.1, 0.15) is 42.1 Å². The second-order valence-electron chi connectivity index (χ2n) is 6.20. The Morgan fingerprint density at radius 2 is 1.76 bits per heavy atom. The van der Waals surface area contributed by atoms with Crippen molar-refractivity contribution in [3.8, 4) is 11.3 Å². The third kappa shape index (κ3) is 2.35. The van der Waals surface area contributed by atoms with Gasteiger partial charge in [-0.15, -0.1) is 0 Å². The lowest BCUT2D eigenvalue weighted by Gasteiger charge is -2.10. The van der Waals surface area contributed by atoms with Crippen molar-refractivity contribution in [1.82, 2.24) is 9.97 Å². The van der Waals surface area contributed by atoms with E-state index in [0.717, 1.165) is 16.7 Å². The van der Waals surface area contributed by atoms with Gasteiger partial charge in [-0.05, 0) is 49.9 Å². The molecule has 0 amide bonds. The lowest BCUT2D eigenvalue weighted by atomic mass is 9.96. The molecule has 0 saturated carbocycles. The van der Waals surface area contributed by atoms with Gasteiger partial charge in [0.05, 0.1) is 16.7 Å². The zero-order chi connectivity index (χ0) is 15.1. The van der Waals surface area contributed by atoms with Gasteiger partial charge in [0.1, 0.15) is 0 Å². The molecular formula is C19H22N2. The SMILES string of the molecule is Cc1ccc2[nH]c(-c3ccc(C(C)C)cc3C)c(C)c2n1. The highest BCUT2D eigenvalue weighted by molar-refractivity contribution is 5.88. The van der Waals surface area contributed by atoms with Gasteiger partial charge in [-0.1, -0.05) is 32.0 Å². The summed E-state index contributed by atoms with van der Waals surface area (Å²) in [6.07, 6.45) is 0. The van der Waals surface area contributed by atoms with Gasteiger partial charge in [-0.3, -0.25) is 4.98 Å². The van der Waals surface area contributed by atoms with Crippen LogP contribution in [0.25, 0.3) is 22.3 Å². The molecule has 0 radical (unpaired) electrons. The third-order valence-corrected chi connectivity index (χ3v) is 4.21. The third-order valence-electron chi connectivity index (χ3n) is 4.21. The molecule has 3 aromatic rings. The topological polar surface area (TPSA) is 28.7 Å². The maximum atomic E-state index is 4.67. The molecule has 2 heterocycles. The fourth-order valence-electron chi connectivity index (χ4n) is 2.89. The number of rotatable bonds is 2. The quantitative estimate of drug-likeness (QED) is 0.679. The van der Waals surface area contributed by atoms with Crippen LogP contribution < -0.4 is 0 Å². The molecule has 3 rings (SSSR count). The van der Waals surface area contributed by atoms with Crippen molar-refractivity contribution >= 4 is 11.0 Å². The van der Waals surface area contributed by atoms with Crippen LogP contribution in [-0.2, 0) is 0 Å². The molecule has 0 aliphatic heterocycles. The van der Waals surface area contributed by atoms with E-state index in [1.807, 2.05) is 6.92 Å². The summed E-state index contributed by atoms with van der Waals surface area (Å²) >= 11 is 0. The number of nitrogens with one attached hydrogen (secondary N) is 1. The number of H-pyrrole nitrogens is 1. The highest BCUT2D eigenvalue weighted by Crippen LogP contribution is 2.32. The van der Waals surface area contributed by atoms with Crippen molar-refractivity contribution in [2.24, 2.45) is 0 Å². The molecule has 0 spiro atoms. The van der Waals surface area contributed by atoms with Gasteiger partial charge in [-0.2, -0.15) is 0 Å². The molecule has 108 valence electrons. The predicted octanol–water partition coefficient (Wildman–Crippen LogP) is 5.28. The van der Waals surface area contributed by atoms with Gasteiger partial charge in [0, 0.05) is 16.8 Å². The normalized spacial score (nSPS) is 11.5. The number of nitrogens with zero attached hydrogens (tertiary/aromatic N) is 1. The molecule has 21 heavy (non-hydrogen) atoms. The molecule has 0 saturated heterocycles. The Kier molecular flexibility index (Phi) is 3.32. The summed E-state index contributed by atoms with van der Waals surface area (Å²) in [6, 6.07) is 10.9. The Hall–Kier alpha value is -2.09. The van der Waals surface area contributed by atoms with Gasteiger partial charge in [0.15, 0.2) is 0 Å². The molecule has 2 aromatic heterocycles. The monoisotopic (exact) mass is 278 g/mol. The summed E-state index contributed by atoms with van der Waals surface area (Å²) in [5.41, 5.74) is 9.64. The average molecular weight is 278 g/mol. The van der Waals surface area contributed by atoms with Crippen molar-refractivity contribution in [3.63, 3.8) is 0 Å². The average Bonchev–Trinajstić information content (AvgIpc) is 2.76. The number of pyridine rings is 1. The molecule has 2 heteroatoms. The molecule has 0 fully saturated rings. The van der Waals surface area contributed by atoms with E-state index >= 15 is 0 Å². The number of aromatic nitrogens is 2. The first-order chi connectivity index (χ1) is 9.97. The molecule has 1 aromatic carbocycles. The Balaban J connectivity index is 2.18. The van der Waals surface area contributed by atoms with E-state index in [4.69, 9.17) is 0 Å². The van der Waals surface area contributed by atoms with Gasteiger partial charge in [-0.25, -0.2) is 0 Å². The van der Waals surface area contributed by atoms with Gasteiger partial charge >= 0.3 is 0 Å². The van der Waals surface area contributed by atoms with Crippen LogP contribution in [0.2, 0.25) is 0 Å². The number of aryl methyl sites for hydroxylation is 3. The maximum absolute atomic E-state index is 4.67. The largest absolute Gasteiger partial charge is 0.353 e. The lowest BCUT2D eigenvalue weighted by Crippen LogP contribution is -1.91. The second kappa shape index (κ2) is 5.03. The summed E-state index contributed by atoms with van der Waals surface area (Å²) < 4.78 is 0. The Morgan fingerprint density at radius 1 is 1.00 bits per heavy atom. The first-order valence-corrected chi connectivity index (χ1v) is 7.54. The van der Waals surface area contributed by atoms with Crippen LogP contribution in [0.4, 0.5) is 0 Å². The summed E-state index contributed by atoms with van der Waals surface area (Å²) in [5, 5.41) is 0. The van der Waals surface area contributed by atoms with E-state index in [9.17, 15) is 0 Å². The molecule has 0 aliphatic carbocycles. The Bertz CT molecular complexity index is 810. The van der Waals surface area contributed by atoms with Crippen molar-refractivity contribution in [3.05, 3.63) is 52.7 Å². The summed E-state index contributed by atoms with van der Waals surface area (Å²) in [6.45, 7) is 10.8. The van der Waals surface area contributed by atoms with Crippen LogP contribution in [0, 0.1) is 20.8 Å². The number of hydrogen-bond acceptors (Lipinski definition) is 1. The van der Waals surface area contributed by atoms with Gasteiger partial charge in [0.2, 0.25) is 0 Å². The van der Waals surface area contributed by atoms with Crippen molar-refractivity contribution in [2.75, 3.05) is 0 Å². The maximum Gasteiger partial charge on any atom is 0.0917 e. The highest BCUT2D eigenvalue weighted by Gasteiger charge is 2.13. The van der Waals surface area contributed by atoms with E-state index in [-0.39, 0.29) is 0 Å². The molecule has 0 bridgehead atoms. The minimum Gasteiger partial charge on any atom is -0.353 e. The number of benzene rings is 1. The van der Waals surface area contributed by atoms with Crippen LogP contribution in [-0.4, -0.2) is 9.97 Å². The Morgan fingerprint density at radius 3 is 2.43 bits per heavy atom. The smallest absolute Gasteiger partial charge is 0.0917 e. The van der Waals surface area contributed by atoms with Crippen LogP contribution in [0.15, 0.2) is 30.3 Å². The van der Waals surface area contributed by atoms with E-state index in [2.05, 4.69) is 68.0 Å². The van der Waals surface area contributed by atoms with E-state index in [1.54, 1.807) is 0 Å². The summed E-state index contributed by atoms with van der Waals surface area (Å²) in [5.74, 6) is 0.561. The first kappa shape index (κ1) is 13.9. The highest BCUT2D eigenvalue weighted by atomic mass is 14.8. The molecular weight excluding hydrogens is 256 g/mol.